The number of rotatable bonds is 2. The first-order chi connectivity index (χ1) is 7.64. The van der Waals surface area contributed by atoms with Gasteiger partial charge in [-0.2, -0.15) is 0 Å². The molecule has 1 aromatic rings. The van der Waals surface area contributed by atoms with Gasteiger partial charge in [0.1, 0.15) is 11.4 Å². The van der Waals surface area contributed by atoms with Crippen LogP contribution < -0.4 is 10.1 Å². The Morgan fingerprint density at radius 3 is 3.00 bits per heavy atom. The molecule has 0 radical (unpaired) electrons. The molecule has 1 heterocycles. The molecule has 1 aromatic carbocycles. The summed E-state index contributed by atoms with van der Waals surface area (Å²) >= 11 is 0. The van der Waals surface area contributed by atoms with Gasteiger partial charge in [-0.15, -0.1) is 0 Å². The summed E-state index contributed by atoms with van der Waals surface area (Å²) in [5.41, 5.74) is 0.401. The highest BCUT2D eigenvalue weighted by Gasteiger charge is 2.34. The fraction of sp³-hybridized carbons (Fsp3) is 0.417. The van der Waals surface area contributed by atoms with Crippen LogP contribution in [0.3, 0.4) is 0 Å². The molecule has 2 rings (SSSR count). The minimum absolute atomic E-state index is 0.364. The Bertz CT molecular complexity index is 405. The van der Waals surface area contributed by atoms with Crippen LogP contribution >= 0.6 is 0 Å². The van der Waals surface area contributed by atoms with Crippen molar-refractivity contribution in [2.24, 2.45) is 0 Å². The second-order valence-electron chi connectivity index (χ2n) is 4.03. The predicted molar refractivity (Wildman–Crippen MR) is 59.4 cm³/mol. The summed E-state index contributed by atoms with van der Waals surface area (Å²) in [4.78, 5) is 11.2. The van der Waals surface area contributed by atoms with Gasteiger partial charge >= 0.3 is 6.09 Å². The fourth-order valence-corrected chi connectivity index (χ4v) is 1.85. The summed E-state index contributed by atoms with van der Waals surface area (Å²) in [6.45, 7) is 2.55. The number of alkyl carbamates (subject to hydrolysis) is 1. The summed E-state index contributed by atoms with van der Waals surface area (Å²) in [5.74, 6) is 0.772. The van der Waals surface area contributed by atoms with Crippen LogP contribution in [-0.4, -0.2) is 19.7 Å². The van der Waals surface area contributed by atoms with Crippen molar-refractivity contribution in [3.63, 3.8) is 0 Å². The maximum atomic E-state index is 11.2. The lowest BCUT2D eigenvalue weighted by Crippen LogP contribution is -2.43. The van der Waals surface area contributed by atoms with Gasteiger partial charge in [0.05, 0.1) is 7.11 Å². The van der Waals surface area contributed by atoms with Crippen molar-refractivity contribution >= 4 is 6.09 Å². The van der Waals surface area contributed by atoms with E-state index < -0.39 is 5.60 Å². The van der Waals surface area contributed by atoms with Crippen LogP contribution in [0.2, 0.25) is 0 Å². The molecule has 0 aliphatic carbocycles. The van der Waals surface area contributed by atoms with Gasteiger partial charge in [-0.1, -0.05) is 12.1 Å². The number of methoxy groups -OCH3 is 1. The quantitative estimate of drug-likeness (QED) is 0.831. The molecular weight excluding hydrogens is 206 g/mol. The SMILES string of the molecule is COc1cccc(C2(C)CCNC(=O)O2)c1. The first-order valence-corrected chi connectivity index (χ1v) is 5.25. The summed E-state index contributed by atoms with van der Waals surface area (Å²) < 4.78 is 10.5. The molecule has 1 atom stereocenters. The number of amides is 1. The first kappa shape index (κ1) is 10.8. The van der Waals surface area contributed by atoms with Gasteiger partial charge in [0, 0.05) is 13.0 Å². The van der Waals surface area contributed by atoms with E-state index in [9.17, 15) is 4.79 Å². The van der Waals surface area contributed by atoms with Gasteiger partial charge in [0.15, 0.2) is 0 Å². The van der Waals surface area contributed by atoms with Crippen molar-refractivity contribution in [2.75, 3.05) is 13.7 Å². The van der Waals surface area contributed by atoms with Crippen LogP contribution in [0.1, 0.15) is 18.9 Å². The lowest BCUT2D eigenvalue weighted by molar-refractivity contribution is -0.00287. The number of ether oxygens (including phenoxy) is 2. The van der Waals surface area contributed by atoms with Gasteiger partial charge in [-0.3, -0.25) is 0 Å². The normalized spacial score (nSPS) is 24.5. The highest BCUT2D eigenvalue weighted by atomic mass is 16.6. The second-order valence-corrected chi connectivity index (χ2v) is 4.03. The molecule has 0 spiro atoms. The average molecular weight is 221 g/mol. The smallest absolute Gasteiger partial charge is 0.408 e. The zero-order chi connectivity index (χ0) is 11.6. The fourth-order valence-electron chi connectivity index (χ4n) is 1.85. The summed E-state index contributed by atoms with van der Waals surface area (Å²) in [6.07, 6.45) is 0.392. The first-order valence-electron chi connectivity index (χ1n) is 5.25. The maximum absolute atomic E-state index is 11.2. The van der Waals surface area contributed by atoms with Crippen molar-refractivity contribution in [3.8, 4) is 5.75 Å². The molecule has 1 aliphatic rings. The van der Waals surface area contributed by atoms with Crippen LogP contribution in [0.25, 0.3) is 0 Å². The number of carbonyl (C=O) groups excluding carboxylic acids is 1. The standard InChI is InChI=1S/C12H15NO3/c1-12(6-7-13-11(14)16-12)9-4-3-5-10(8-9)15-2/h3-5,8H,6-7H2,1-2H3,(H,13,14). The summed E-state index contributed by atoms with van der Waals surface area (Å²) in [5, 5.41) is 2.64. The Morgan fingerprint density at radius 1 is 1.50 bits per heavy atom. The van der Waals surface area contributed by atoms with E-state index in [-0.39, 0.29) is 6.09 Å². The highest BCUT2D eigenvalue weighted by molar-refractivity contribution is 5.68. The summed E-state index contributed by atoms with van der Waals surface area (Å²) in [7, 11) is 1.62. The molecule has 86 valence electrons. The van der Waals surface area contributed by atoms with E-state index in [1.54, 1.807) is 7.11 Å². The Kier molecular flexibility index (Phi) is 2.73. The number of cyclic esters (lactones) is 1. The largest absolute Gasteiger partial charge is 0.497 e. The number of benzene rings is 1. The predicted octanol–water partition coefficient (Wildman–Crippen LogP) is 2.04. The zero-order valence-corrected chi connectivity index (χ0v) is 9.45. The molecule has 0 bridgehead atoms. The summed E-state index contributed by atoms with van der Waals surface area (Å²) in [6, 6.07) is 7.62. The molecule has 1 fully saturated rings. The number of hydrogen-bond donors (Lipinski definition) is 1. The molecule has 1 amide bonds. The lowest BCUT2D eigenvalue weighted by atomic mass is 9.91. The molecule has 4 heteroatoms. The number of nitrogens with one attached hydrogen (secondary N) is 1. The van der Waals surface area contributed by atoms with E-state index in [0.717, 1.165) is 17.7 Å². The Balaban J connectivity index is 2.30. The van der Waals surface area contributed by atoms with E-state index in [0.29, 0.717) is 6.54 Å². The lowest BCUT2D eigenvalue weighted by Gasteiger charge is -2.34. The minimum Gasteiger partial charge on any atom is -0.497 e. The van der Waals surface area contributed by atoms with Crippen molar-refractivity contribution in [1.82, 2.24) is 5.32 Å². The molecule has 4 nitrogen and oxygen atoms in total. The van der Waals surface area contributed by atoms with E-state index in [1.807, 2.05) is 31.2 Å². The van der Waals surface area contributed by atoms with Crippen molar-refractivity contribution < 1.29 is 14.3 Å². The third kappa shape index (κ3) is 1.96. The zero-order valence-electron chi connectivity index (χ0n) is 9.45. The monoisotopic (exact) mass is 221 g/mol. The molecule has 0 saturated carbocycles. The molecule has 1 aliphatic heterocycles. The second kappa shape index (κ2) is 4.04. The Hall–Kier alpha value is -1.71. The van der Waals surface area contributed by atoms with Crippen LogP contribution in [0.15, 0.2) is 24.3 Å². The van der Waals surface area contributed by atoms with Crippen molar-refractivity contribution in [2.45, 2.75) is 18.9 Å². The third-order valence-electron chi connectivity index (χ3n) is 2.87. The molecule has 1 unspecified atom stereocenters. The van der Waals surface area contributed by atoms with Gasteiger partial charge < -0.3 is 14.8 Å². The van der Waals surface area contributed by atoms with Crippen molar-refractivity contribution in [1.29, 1.82) is 0 Å². The van der Waals surface area contributed by atoms with E-state index in [4.69, 9.17) is 9.47 Å². The Labute approximate surface area is 94.6 Å². The van der Waals surface area contributed by atoms with Gasteiger partial charge in [-0.25, -0.2) is 4.79 Å². The maximum Gasteiger partial charge on any atom is 0.408 e. The topological polar surface area (TPSA) is 47.6 Å². The van der Waals surface area contributed by atoms with Crippen LogP contribution in [0.4, 0.5) is 4.79 Å². The molecule has 0 aromatic heterocycles. The van der Waals surface area contributed by atoms with E-state index in [1.165, 1.54) is 0 Å². The third-order valence-corrected chi connectivity index (χ3v) is 2.87. The molecule has 16 heavy (non-hydrogen) atoms. The average Bonchev–Trinajstić information content (AvgIpc) is 2.29. The molecule has 1 N–H and O–H groups in total. The Morgan fingerprint density at radius 2 is 2.31 bits per heavy atom. The van der Waals surface area contributed by atoms with Crippen LogP contribution in [-0.2, 0) is 10.3 Å². The highest BCUT2D eigenvalue weighted by Crippen LogP contribution is 2.32. The van der Waals surface area contributed by atoms with Gasteiger partial charge in [0.2, 0.25) is 0 Å². The molecular formula is C12H15NO3. The minimum atomic E-state index is -0.559. The van der Waals surface area contributed by atoms with E-state index in [2.05, 4.69) is 5.32 Å². The van der Waals surface area contributed by atoms with Gasteiger partial charge in [0.25, 0.3) is 0 Å². The van der Waals surface area contributed by atoms with Crippen molar-refractivity contribution in [3.05, 3.63) is 29.8 Å². The van der Waals surface area contributed by atoms with E-state index >= 15 is 0 Å². The van der Waals surface area contributed by atoms with Gasteiger partial charge in [-0.05, 0) is 24.6 Å². The van der Waals surface area contributed by atoms with Crippen LogP contribution in [0.5, 0.6) is 5.75 Å². The number of hydrogen-bond acceptors (Lipinski definition) is 3. The molecule has 1 saturated heterocycles. The van der Waals surface area contributed by atoms with Crippen LogP contribution in [0, 0.1) is 0 Å². The number of carbonyl (C=O) groups is 1.